The Labute approximate surface area is 103 Å². The van der Waals surface area contributed by atoms with Crippen LogP contribution in [0, 0.1) is 6.85 Å². The molecule has 0 spiro atoms. The van der Waals surface area contributed by atoms with E-state index in [1.54, 1.807) is 10.9 Å². The summed E-state index contributed by atoms with van der Waals surface area (Å²) >= 11 is 0. The van der Waals surface area contributed by atoms with E-state index in [4.69, 9.17) is 4.11 Å². The molecule has 4 nitrogen and oxygen atoms in total. The maximum Gasteiger partial charge on any atom is 0.125 e. The van der Waals surface area contributed by atoms with E-state index in [-0.39, 0.29) is 5.82 Å². The van der Waals surface area contributed by atoms with Gasteiger partial charge in [-0.05, 0) is 18.5 Å². The molecule has 1 aromatic carbocycles. The zero-order chi connectivity index (χ0) is 14.3. The zero-order valence-electron chi connectivity index (χ0n) is 12.3. The van der Waals surface area contributed by atoms with Crippen LogP contribution in [-0.2, 0) is 7.05 Å². The normalized spacial score (nSPS) is 14.3. The minimum atomic E-state index is -2.29. The summed E-state index contributed by atoms with van der Waals surface area (Å²) in [4.78, 5) is 8.03. The van der Waals surface area contributed by atoms with Gasteiger partial charge >= 0.3 is 0 Å². The summed E-state index contributed by atoms with van der Waals surface area (Å²) in [6.45, 7) is -2.29. The second-order valence-electron chi connectivity index (χ2n) is 3.87. The summed E-state index contributed by atoms with van der Waals surface area (Å²) in [5, 5.41) is 4.93. The van der Waals surface area contributed by atoms with Crippen molar-refractivity contribution < 1.29 is 4.11 Å². The first-order valence-corrected chi connectivity index (χ1v) is 5.20. The molecule has 0 amide bonds. The lowest BCUT2D eigenvalue weighted by Gasteiger charge is -2.01. The molecular formula is C13H12N4. The van der Waals surface area contributed by atoms with Crippen molar-refractivity contribution in [1.82, 2.24) is 19.7 Å². The van der Waals surface area contributed by atoms with Crippen molar-refractivity contribution in [2.45, 2.75) is 6.85 Å². The molecule has 0 atom stereocenters. The van der Waals surface area contributed by atoms with Crippen LogP contribution in [0.3, 0.4) is 0 Å². The van der Waals surface area contributed by atoms with E-state index in [1.165, 1.54) is 6.20 Å². The van der Waals surface area contributed by atoms with Crippen LogP contribution in [0.15, 0.2) is 36.8 Å². The van der Waals surface area contributed by atoms with Crippen molar-refractivity contribution in [2.75, 3.05) is 0 Å². The summed E-state index contributed by atoms with van der Waals surface area (Å²) in [5.41, 5.74) is 2.52. The van der Waals surface area contributed by atoms with Crippen LogP contribution >= 0.6 is 0 Å². The van der Waals surface area contributed by atoms with Crippen molar-refractivity contribution in [3.8, 4) is 11.1 Å². The third kappa shape index (κ3) is 1.78. The lowest BCUT2D eigenvalue weighted by atomic mass is 10.1. The van der Waals surface area contributed by atoms with E-state index in [9.17, 15) is 0 Å². The van der Waals surface area contributed by atoms with E-state index < -0.39 is 6.85 Å². The second-order valence-corrected chi connectivity index (χ2v) is 3.87. The third-order valence-corrected chi connectivity index (χ3v) is 2.62. The molecule has 0 aliphatic heterocycles. The first-order valence-electron chi connectivity index (χ1n) is 6.70. The van der Waals surface area contributed by atoms with Crippen molar-refractivity contribution in [2.24, 2.45) is 7.05 Å². The highest BCUT2D eigenvalue weighted by Gasteiger charge is 2.03. The number of aryl methyl sites for hydroxylation is 2. The average Bonchev–Trinajstić information content (AvgIpc) is 2.83. The van der Waals surface area contributed by atoms with Gasteiger partial charge in [0.1, 0.15) is 5.82 Å². The van der Waals surface area contributed by atoms with Crippen LogP contribution in [0.1, 0.15) is 9.94 Å². The Kier molecular flexibility index (Phi) is 1.54. The molecule has 84 valence electrons. The van der Waals surface area contributed by atoms with Crippen molar-refractivity contribution in [3.63, 3.8) is 0 Å². The topological polar surface area (TPSA) is 43.6 Å². The van der Waals surface area contributed by atoms with Crippen molar-refractivity contribution in [1.29, 1.82) is 0 Å². The van der Waals surface area contributed by atoms with Crippen LogP contribution in [0.25, 0.3) is 22.0 Å². The lowest BCUT2D eigenvalue weighted by Crippen LogP contribution is -1.88. The minimum Gasteiger partial charge on any atom is -0.275 e. The van der Waals surface area contributed by atoms with Crippen LogP contribution in [0.4, 0.5) is 0 Å². The zero-order valence-corrected chi connectivity index (χ0v) is 9.25. The van der Waals surface area contributed by atoms with E-state index in [1.807, 2.05) is 31.4 Å². The molecule has 2 heterocycles. The van der Waals surface area contributed by atoms with E-state index >= 15 is 0 Å². The van der Waals surface area contributed by atoms with E-state index in [0.717, 1.165) is 16.5 Å². The van der Waals surface area contributed by atoms with Gasteiger partial charge in [-0.25, -0.2) is 9.97 Å². The summed E-state index contributed by atoms with van der Waals surface area (Å²) < 4.78 is 23.8. The van der Waals surface area contributed by atoms with E-state index in [2.05, 4.69) is 15.1 Å². The molecule has 3 aromatic rings. The molecule has 0 radical (unpaired) electrons. The van der Waals surface area contributed by atoms with Gasteiger partial charge in [-0.2, -0.15) is 5.10 Å². The Morgan fingerprint density at radius 2 is 2.18 bits per heavy atom. The molecule has 0 saturated heterocycles. The van der Waals surface area contributed by atoms with Gasteiger partial charge < -0.3 is 0 Å². The smallest absolute Gasteiger partial charge is 0.125 e. The molecule has 0 saturated carbocycles. The van der Waals surface area contributed by atoms with Gasteiger partial charge in [-0.3, -0.25) is 4.68 Å². The summed E-state index contributed by atoms with van der Waals surface area (Å²) in [7, 11) is 1.85. The van der Waals surface area contributed by atoms with Crippen LogP contribution in [0.2, 0.25) is 0 Å². The van der Waals surface area contributed by atoms with Gasteiger partial charge in [-0.15, -0.1) is 0 Å². The molecule has 0 aliphatic rings. The summed E-state index contributed by atoms with van der Waals surface area (Å²) in [6.07, 6.45) is 5.19. The fourth-order valence-electron chi connectivity index (χ4n) is 1.77. The number of benzene rings is 1. The van der Waals surface area contributed by atoms with Gasteiger partial charge in [0.05, 0.1) is 11.7 Å². The van der Waals surface area contributed by atoms with Gasteiger partial charge in [0.25, 0.3) is 0 Å². The fourth-order valence-corrected chi connectivity index (χ4v) is 1.77. The summed E-state index contributed by atoms with van der Waals surface area (Å²) in [5.74, 6) is -0.131. The van der Waals surface area contributed by atoms with Gasteiger partial charge in [-0.1, -0.05) is 12.1 Å². The van der Waals surface area contributed by atoms with Crippen molar-refractivity contribution in [3.05, 3.63) is 42.6 Å². The first kappa shape index (κ1) is 7.17. The number of fused-ring (bicyclic) bond motifs is 1. The molecule has 0 unspecified atom stereocenters. The molecule has 4 heteroatoms. The molecule has 0 aliphatic carbocycles. The standard InChI is InChI=1S/C13H12N4/c1-9-14-6-11-4-3-10(5-13(11)16-9)12-7-15-17(2)8-12/h3-8H,1-2H3/i1D3. The van der Waals surface area contributed by atoms with Crippen LogP contribution in [0.5, 0.6) is 0 Å². The van der Waals surface area contributed by atoms with E-state index in [0.29, 0.717) is 5.52 Å². The molecular weight excluding hydrogens is 212 g/mol. The van der Waals surface area contributed by atoms with Gasteiger partial charge in [0, 0.05) is 34.5 Å². The quantitative estimate of drug-likeness (QED) is 0.641. The number of hydrogen-bond donors (Lipinski definition) is 0. The molecule has 2 aromatic heterocycles. The highest BCUT2D eigenvalue weighted by atomic mass is 15.2. The Morgan fingerprint density at radius 3 is 2.94 bits per heavy atom. The molecule has 0 bridgehead atoms. The van der Waals surface area contributed by atoms with Crippen LogP contribution < -0.4 is 0 Å². The number of aromatic nitrogens is 4. The third-order valence-electron chi connectivity index (χ3n) is 2.62. The Morgan fingerprint density at radius 1 is 1.24 bits per heavy atom. The fraction of sp³-hybridized carbons (Fsp3) is 0.154. The number of nitrogens with zero attached hydrogens (tertiary/aromatic N) is 4. The largest absolute Gasteiger partial charge is 0.275 e. The Bertz CT molecular complexity index is 777. The second kappa shape index (κ2) is 3.66. The molecule has 17 heavy (non-hydrogen) atoms. The first-order chi connectivity index (χ1) is 9.43. The van der Waals surface area contributed by atoms with Crippen molar-refractivity contribution >= 4 is 10.9 Å². The average molecular weight is 227 g/mol. The Balaban J connectivity index is 2.14. The van der Waals surface area contributed by atoms with Gasteiger partial charge in [0.15, 0.2) is 0 Å². The minimum absolute atomic E-state index is 0.131. The Hall–Kier alpha value is -2.23. The molecule has 0 N–H and O–H groups in total. The van der Waals surface area contributed by atoms with Crippen LogP contribution in [-0.4, -0.2) is 19.7 Å². The maximum absolute atomic E-state index is 7.36. The molecule has 0 fully saturated rings. The number of hydrogen-bond acceptors (Lipinski definition) is 3. The number of rotatable bonds is 1. The maximum atomic E-state index is 7.36. The van der Waals surface area contributed by atoms with Gasteiger partial charge in [0.2, 0.25) is 0 Å². The predicted molar refractivity (Wildman–Crippen MR) is 66.5 cm³/mol. The highest BCUT2D eigenvalue weighted by molar-refractivity contribution is 5.83. The summed E-state index contributed by atoms with van der Waals surface area (Å²) in [6, 6.07) is 5.67. The SMILES string of the molecule is [2H]C([2H])([2H])c1ncc2ccc(-c3cnn(C)c3)cc2n1. The monoisotopic (exact) mass is 227 g/mol. The highest BCUT2D eigenvalue weighted by Crippen LogP contribution is 2.22. The predicted octanol–water partition coefficient (Wildman–Crippen LogP) is 2.34. The lowest BCUT2D eigenvalue weighted by molar-refractivity contribution is 0.768. The molecule has 3 rings (SSSR count).